The first kappa shape index (κ1) is 19.8. The monoisotopic (exact) mass is 403 g/mol. The summed E-state index contributed by atoms with van der Waals surface area (Å²) in [7, 11) is 1.55. The number of carbonyl (C=O) groups excluding carboxylic acids is 3. The standard InChI is InChI=1S/C20H19ClFN3O3/c1-23-20(28)13-4-2-12(3-5-13)8-18(26)24-14-9-19(27)25(11-14)15-6-7-16(21)17(22)10-15/h2-7,10,14H,8-9,11H2,1H3,(H,23,28)(H,24,26). The first-order valence-electron chi connectivity index (χ1n) is 8.73. The highest BCUT2D eigenvalue weighted by Crippen LogP contribution is 2.25. The molecule has 1 fully saturated rings. The van der Waals surface area contributed by atoms with Crippen LogP contribution in [0.5, 0.6) is 0 Å². The normalized spacial score (nSPS) is 16.2. The summed E-state index contributed by atoms with van der Waals surface area (Å²) in [5.74, 6) is -1.21. The summed E-state index contributed by atoms with van der Waals surface area (Å²) in [4.78, 5) is 37.5. The van der Waals surface area contributed by atoms with Crippen molar-refractivity contribution in [2.75, 3.05) is 18.5 Å². The van der Waals surface area contributed by atoms with Crippen LogP contribution in [0.4, 0.5) is 10.1 Å². The lowest BCUT2D eigenvalue weighted by Gasteiger charge is -2.17. The van der Waals surface area contributed by atoms with Gasteiger partial charge in [0.2, 0.25) is 11.8 Å². The molecule has 1 aliphatic rings. The van der Waals surface area contributed by atoms with Crippen LogP contribution in [0.25, 0.3) is 0 Å². The molecule has 146 valence electrons. The topological polar surface area (TPSA) is 78.5 Å². The summed E-state index contributed by atoms with van der Waals surface area (Å²) < 4.78 is 13.6. The van der Waals surface area contributed by atoms with E-state index in [2.05, 4.69) is 10.6 Å². The first-order chi connectivity index (χ1) is 13.4. The van der Waals surface area contributed by atoms with Gasteiger partial charge in [0.25, 0.3) is 5.91 Å². The van der Waals surface area contributed by atoms with Crippen LogP contribution in [0.3, 0.4) is 0 Å². The molecule has 0 bridgehead atoms. The number of hydrogen-bond acceptors (Lipinski definition) is 3. The number of carbonyl (C=O) groups is 3. The van der Waals surface area contributed by atoms with Crippen LogP contribution in [0, 0.1) is 5.82 Å². The van der Waals surface area contributed by atoms with Crippen molar-refractivity contribution in [2.45, 2.75) is 18.9 Å². The summed E-state index contributed by atoms with van der Waals surface area (Å²) in [5.41, 5.74) is 1.68. The van der Waals surface area contributed by atoms with E-state index in [4.69, 9.17) is 11.6 Å². The zero-order valence-electron chi connectivity index (χ0n) is 15.2. The minimum Gasteiger partial charge on any atom is -0.355 e. The smallest absolute Gasteiger partial charge is 0.251 e. The number of rotatable bonds is 5. The van der Waals surface area contributed by atoms with Crippen LogP contribution in [-0.2, 0) is 16.0 Å². The summed E-state index contributed by atoms with van der Waals surface area (Å²) in [6.45, 7) is 0.265. The van der Waals surface area contributed by atoms with Gasteiger partial charge in [0.1, 0.15) is 5.82 Å². The number of nitrogens with zero attached hydrogens (tertiary/aromatic N) is 1. The molecule has 0 radical (unpaired) electrons. The summed E-state index contributed by atoms with van der Waals surface area (Å²) in [6.07, 6.45) is 0.278. The second-order valence-corrected chi connectivity index (χ2v) is 6.93. The molecule has 1 saturated heterocycles. The number of anilines is 1. The van der Waals surface area contributed by atoms with Crippen molar-refractivity contribution in [1.82, 2.24) is 10.6 Å². The number of nitrogens with one attached hydrogen (secondary N) is 2. The molecular weight excluding hydrogens is 385 g/mol. The lowest BCUT2D eigenvalue weighted by molar-refractivity contribution is -0.121. The van der Waals surface area contributed by atoms with E-state index >= 15 is 0 Å². The maximum atomic E-state index is 13.6. The Morgan fingerprint density at radius 1 is 1.21 bits per heavy atom. The SMILES string of the molecule is CNC(=O)c1ccc(CC(=O)NC2CC(=O)N(c3ccc(Cl)c(F)c3)C2)cc1. The molecule has 2 aromatic carbocycles. The Labute approximate surface area is 166 Å². The van der Waals surface area contributed by atoms with Crippen molar-refractivity contribution in [3.05, 3.63) is 64.4 Å². The molecule has 0 saturated carbocycles. The van der Waals surface area contributed by atoms with Gasteiger partial charge in [-0.15, -0.1) is 0 Å². The molecule has 3 rings (SSSR count). The van der Waals surface area contributed by atoms with Crippen LogP contribution in [-0.4, -0.2) is 37.4 Å². The Bertz CT molecular complexity index is 917. The second kappa shape index (κ2) is 8.39. The van der Waals surface area contributed by atoms with Crippen molar-refractivity contribution < 1.29 is 18.8 Å². The minimum absolute atomic E-state index is 0.0114. The number of amides is 3. The maximum absolute atomic E-state index is 13.6. The van der Waals surface area contributed by atoms with E-state index in [1.807, 2.05) is 0 Å². The molecule has 28 heavy (non-hydrogen) atoms. The fourth-order valence-corrected chi connectivity index (χ4v) is 3.21. The Balaban J connectivity index is 1.58. The fraction of sp³-hybridized carbons (Fsp3) is 0.250. The van der Waals surface area contributed by atoms with E-state index in [1.165, 1.54) is 17.0 Å². The predicted octanol–water partition coefficient (Wildman–Crippen LogP) is 2.30. The third-order valence-electron chi connectivity index (χ3n) is 4.51. The largest absolute Gasteiger partial charge is 0.355 e. The lowest BCUT2D eigenvalue weighted by Crippen LogP contribution is -2.38. The molecule has 8 heteroatoms. The van der Waals surface area contributed by atoms with Gasteiger partial charge < -0.3 is 15.5 Å². The molecule has 3 amide bonds. The molecule has 1 unspecified atom stereocenters. The Morgan fingerprint density at radius 3 is 2.57 bits per heavy atom. The van der Waals surface area contributed by atoms with Gasteiger partial charge in [-0.3, -0.25) is 14.4 Å². The van der Waals surface area contributed by atoms with Crippen molar-refractivity contribution in [3.8, 4) is 0 Å². The number of hydrogen-bond donors (Lipinski definition) is 2. The molecule has 0 aromatic heterocycles. The second-order valence-electron chi connectivity index (χ2n) is 6.52. The van der Waals surface area contributed by atoms with Crippen LogP contribution >= 0.6 is 11.6 Å². The molecule has 6 nitrogen and oxygen atoms in total. The van der Waals surface area contributed by atoms with Gasteiger partial charge in [-0.25, -0.2) is 4.39 Å². The van der Waals surface area contributed by atoms with Gasteiger partial charge in [-0.05, 0) is 35.9 Å². The van der Waals surface area contributed by atoms with E-state index < -0.39 is 5.82 Å². The van der Waals surface area contributed by atoms with Crippen molar-refractivity contribution in [2.24, 2.45) is 0 Å². The number of benzene rings is 2. The third kappa shape index (κ3) is 4.48. The molecule has 1 heterocycles. The highest BCUT2D eigenvalue weighted by atomic mass is 35.5. The van der Waals surface area contributed by atoms with Crippen molar-refractivity contribution in [3.63, 3.8) is 0 Å². The van der Waals surface area contributed by atoms with Gasteiger partial charge in [0, 0.05) is 31.3 Å². The Morgan fingerprint density at radius 2 is 1.93 bits per heavy atom. The molecule has 1 aliphatic heterocycles. The van der Waals surface area contributed by atoms with Gasteiger partial charge in [-0.2, -0.15) is 0 Å². The van der Waals surface area contributed by atoms with Crippen LogP contribution in [0.2, 0.25) is 5.02 Å². The predicted molar refractivity (Wildman–Crippen MR) is 104 cm³/mol. The molecule has 0 spiro atoms. The minimum atomic E-state index is -0.598. The summed E-state index contributed by atoms with van der Waals surface area (Å²) >= 11 is 5.68. The molecule has 2 aromatic rings. The molecule has 1 atom stereocenters. The zero-order valence-corrected chi connectivity index (χ0v) is 15.9. The average Bonchev–Trinajstić information content (AvgIpc) is 3.03. The number of halogens is 2. The summed E-state index contributed by atoms with van der Waals surface area (Å²) in [5, 5.41) is 5.35. The molecule has 2 N–H and O–H groups in total. The van der Waals surface area contributed by atoms with E-state index in [9.17, 15) is 18.8 Å². The van der Waals surface area contributed by atoms with Gasteiger partial charge in [0.05, 0.1) is 17.5 Å². The zero-order chi connectivity index (χ0) is 20.3. The van der Waals surface area contributed by atoms with E-state index in [1.54, 1.807) is 37.4 Å². The van der Waals surface area contributed by atoms with E-state index in [0.29, 0.717) is 11.3 Å². The van der Waals surface area contributed by atoms with E-state index in [-0.39, 0.29) is 48.2 Å². The highest BCUT2D eigenvalue weighted by molar-refractivity contribution is 6.30. The van der Waals surface area contributed by atoms with Gasteiger partial charge >= 0.3 is 0 Å². The van der Waals surface area contributed by atoms with Crippen LogP contribution in [0.15, 0.2) is 42.5 Å². The lowest BCUT2D eigenvalue weighted by atomic mass is 10.1. The quantitative estimate of drug-likeness (QED) is 0.804. The van der Waals surface area contributed by atoms with Crippen LogP contribution < -0.4 is 15.5 Å². The maximum Gasteiger partial charge on any atom is 0.251 e. The van der Waals surface area contributed by atoms with Crippen molar-refractivity contribution in [1.29, 1.82) is 0 Å². The fourth-order valence-electron chi connectivity index (χ4n) is 3.09. The first-order valence-corrected chi connectivity index (χ1v) is 9.11. The summed E-state index contributed by atoms with van der Waals surface area (Å²) in [6, 6.07) is 10.5. The van der Waals surface area contributed by atoms with Crippen molar-refractivity contribution >= 4 is 35.0 Å². The van der Waals surface area contributed by atoms with Crippen LogP contribution in [0.1, 0.15) is 22.3 Å². The molecular formula is C20H19ClFN3O3. The highest BCUT2D eigenvalue weighted by Gasteiger charge is 2.31. The Hall–Kier alpha value is -2.93. The van der Waals surface area contributed by atoms with E-state index in [0.717, 1.165) is 5.56 Å². The Kier molecular flexibility index (Phi) is 5.94. The third-order valence-corrected chi connectivity index (χ3v) is 4.82. The molecule has 0 aliphatic carbocycles. The van der Waals surface area contributed by atoms with Gasteiger partial charge in [-0.1, -0.05) is 23.7 Å². The van der Waals surface area contributed by atoms with Gasteiger partial charge in [0.15, 0.2) is 0 Å². The average molecular weight is 404 g/mol.